The second-order valence-electron chi connectivity index (χ2n) is 5.57. The summed E-state index contributed by atoms with van der Waals surface area (Å²) in [5, 5.41) is 12.2. The van der Waals surface area contributed by atoms with Gasteiger partial charge < -0.3 is 10.4 Å². The highest BCUT2D eigenvalue weighted by Crippen LogP contribution is 2.47. The van der Waals surface area contributed by atoms with Crippen molar-refractivity contribution in [3.63, 3.8) is 0 Å². The minimum Gasteiger partial charge on any atom is -0.508 e. The van der Waals surface area contributed by atoms with E-state index < -0.39 is 0 Å². The average molecular weight is 281 g/mol. The number of nitrogens with one attached hydrogen (secondary N) is 1. The molecular formula is C18H19NO2. The van der Waals surface area contributed by atoms with Crippen LogP contribution in [0, 0.1) is 5.92 Å². The van der Waals surface area contributed by atoms with Crippen LogP contribution in [0.2, 0.25) is 0 Å². The van der Waals surface area contributed by atoms with Crippen LogP contribution in [0.3, 0.4) is 0 Å². The summed E-state index contributed by atoms with van der Waals surface area (Å²) >= 11 is 0. The van der Waals surface area contributed by atoms with Gasteiger partial charge in [-0.15, -0.1) is 0 Å². The highest BCUT2D eigenvalue weighted by atomic mass is 16.3. The Labute approximate surface area is 124 Å². The molecule has 3 nitrogen and oxygen atoms in total. The van der Waals surface area contributed by atoms with E-state index in [1.807, 2.05) is 30.3 Å². The Hall–Kier alpha value is -2.29. The van der Waals surface area contributed by atoms with E-state index in [1.165, 1.54) is 5.56 Å². The Balaban J connectivity index is 1.45. The summed E-state index contributed by atoms with van der Waals surface area (Å²) in [5.41, 5.74) is 2.37. The first-order valence-electron chi connectivity index (χ1n) is 7.34. The Morgan fingerprint density at radius 3 is 2.52 bits per heavy atom. The van der Waals surface area contributed by atoms with Crippen LogP contribution < -0.4 is 5.32 Å². The molecule has 2 unspecified atom stereocenters. The van der Waals surface area contributed by atoms with Crippen molar-refractivity contribution >= 4 is 5.91 Å². The zero-order chi connectivity index (χ0) is 14.7. The van der Waals surface area contributed by atoms with Crippen molar-refractivity contribution in [2.24, 2.45) is 5.92 Å². The maximum atomic E-state index is 12.1. The summed E-state index contributed by atoms with van der Waals surface area (Å²) in [7, 11) is 0. The lowest BCUT2D eigenvalue weighted by molar-refractivity contribution is -0.122. The molecule has 2 aromatic rings. The number of hydrogen-bond donors (Lipinski definition) is 2. The molecule has 0 spiro atoms. The van der Waals surface area contributed by atoms with Crippen molar-refractivity contribution in [3.8, 4) is 5.75 Å². The molecule has 1 fully saturated rings. The van der Waals surface area contributed by atoms with Crippen molar-refractivity contribution in [2.75, 3.05) is 6.54 Å². The third-order valence-corrected chi connectivity index (χ3v) is 4.00. The molecule has 3 rings (SSSR count). The molecule has 2 atom stereocenters. The number of hydrogen-bond acceptors (Lipinski definition) is 2. The van der Waals surface area contributed by atoms with Crippen LogP contribution in [-0.4, -0.2) is 17.6 Å². The van der Waals surface area contributed by atoms with E-state index >= 15 is 0 Å². The molecule has 1 amide bonds. The first-order valence-corrected chi connectivity index (χ1v) is 7.34. The summed E-state index contributed by atoms with van der Waals surface area (Å²) in [6.07, 6.45) is 1.74. The van der Waals surface area contributed by atoms with Gasteiger partial charge in [-0.2, -0.15) is 0 Å². The van der Waals surface area contributed by atoms with E-state index in [9.17, 15) is 9.90 Å². The molecule has 21 heavy (non-hydrogen) atoms. The van der Waals surface area contributed by atoms with Crippen LogP contribution in [0.4, 0.5) is 0 Å². The van der Waals surface area contributed by atoms with Gasteiger partial charge in [0.2, 0.25) is 5.91 Å². The number of aromatic hydroxyl groups is 1. The second kappa shape index (κ2) is 6.00. The molecule has 0 heterocycles. The number of phenols is 1. The Kier molecular flexibility index (Phi) is 3.91. The maximum Gasteiger partial charge on any atom is 0.223 e. The smallest absolute Gasteiger partial charge is 0.223 e. The lowest BCUT2D eigenvalue weighted by atomic mass is 10.1. The third-order valence-electron chi connectivity index (χ3n) is 4.00. The standard InChI is InChI=1S/C18H19NO2/c20-15-8-6-13(7-9-15)10-11-19-18(21)17-12-16(17)14-4-2-1-3-5-14/h1-9,16-17,20H,10-12H2,(H,19,21). The summed E-state index contributed by atoms with van der Waals surface area (Å²) in [5.74, 6) is 0.946. The van der Waals surface area contributed by atoms with E-state index in [4.69, 9.17) is 0 Å². The fourth-order valence-electron chi connectivity index (χ4n) is 2.68. The maximum absolute atomic E-state index is 12.1. The lowest BCUT2D eigenvalue weighted by Gasteiger charge is -2.05. The van der Waals surface area contributed by atoms with E-state index in [2.05, 4.69) is 17.4 Å². The van der Waals surface area contributed by atoms with E-state index in [-0.39, 0.29) is 17.6 Å². The molecule has 108 valence electrons. The zero-order valence-corrected chi connectivity index (χ0v) is 11.8. The SMILES string of the molecule is O=C(NCCc1ccc(O)cc1)C1CC1c1ccccc1. The molecule has 0 saturated heterocycles. The van der Waals surface area contributed by atoms with Crippen LogP contribution in [0.1, 0.15) is 23.5 Å². The van der Waals surface area contributed by atoms with E-state index in [0.717, 1.165) is 18.4 Å². The second-order valence-corrected chi connectivity index (χ2v) is 5.57. The number of amides is 1. The number of carbonyl (C=O) groups is 1. The van der Waals surface area contributed by atoms with Gasteiger partial charge in [0, 0.05) is 12.5 Å². The van der Waals surface area contributed by atoms with Gasteiger partial charge in [0.15, 0.2) is 0 Å². The summed E-state index contributed by atoms with van der Waals surface area (Å²) in [6, 6.07) is 17.3. The first-order chi connectivity index (χ1) is 10.2. The predicted octanol–water partition coefficient (Wildman–Crippen LogP) is 2.85. The monoisotopic (exact) mass is 281 g/mol. The Morgan fingerprint density at radius 1 is 1.10 bits per heavy atom. The molecule has 0 bridgehead atoms. The first kappa shape index (κ1) is 13.7. The van der Waals surface area contributed by atoms with Gasteiger partial charge in [-0.05, 0) is 42.0 Å². The van der Waals surface area contributed by atoms with Crippen molar-refractivity contribution in [3.05, 3.63) is 65.7 Å². The average Bonchev–Trinajstić information content (AvgIpc) is 3.31. The fraction of sp³-hybridized carbons (Fsp3) is 0.278. The zero-order valence-electron chi connectivity index (χ0n) is 11.8. The van der Waals surface area contributed by atoms with Gasteiger partial charge in [-0.25, -0.2) is 0 Å². The third kappa shape index (κ3) is 3.43. The minimum absolute atomic E-state index is 0.132. The van der Waals surface area contributed by atoms with Gasteiger partial charge in [-0.3, -0.25) is 4.79 Å². The highest BCUT2D eigenvalue weighted by Gasteiger charge is 2.43. The number of benzene rings is 2. The van der Waals surface area contributed by atoms with Crippen molar-refractivity contribution in [2.45, 2.75) is 18.8 Å². The lowest BCUT2D eigenvalue weighted by Crippen LogP contribution is -2.27. The minimum atomic E-state index is 0.132. The van der Waals surface area contributed by atoms with Gasteiger partial charge >= 0.3 is 0 Å². The molecule has 3 heteroatoms. The highest BCUT2D eigenvalue weighted by molar-refractivity contribution is 5.82. The molecule has 0 aliphatic heterocycles. The quantitative estimate of drug-likeness (QED) is 0.885. The molecule has 2 N–H and O–H groups in total. The number of rotatable bonds is 5. The van der Waals surface area contributed by atoms with Crippen LogP contribution in [0.25, 0.3) is 0 Å². The topological polar surface area (TPSA) is 49.3 Å². The Morgan fingerprint density at radius 2 is 1.81 bits per heavy atom. The predicted molar refractivity (Wildman–Crippen MR) is 82.1 cm³/mol. The molecule has 0 aromatic heterocycles. The summed E-state index contributed by atoms with van der Waals surface area (Å²) in [6.45, 7) is 0.640. The van der Waals surface area contributed by atoms with E-state index in [0.29, 0.717) is 12.5 Å². The van der Waals surface area contributed by atoms with Gasteiger partial charge in [0.1, 0.15) is 5.75 Å². The molecule has 0 radical (unpaired) electrons. The number of phenolic OH excluding ortho intramolecular Hbond substituents is 1. The fourth-order valence-corrected chi connectivity index (χ4v) is 2.68. The molecule has 1 aliphatic rings. The molecule has 2 aromatic carbocycles. The largest absolute Gasteiger partial charge is 0.508 e. The van der Waals surface area contributed by atoms with Crippen molar-refractivity contribution in [1.82, 2.24) is 5.32 Å². The Bertz CT molecular complexity index is 607. The van der Waals surface area contributed by atoms with Gasteiger partial charge in [0.05, 0.1) is 0 Å². The summed E-state index contributed by atoms with van der Waals surface area (Å²) in [4.78, 5) is 12.1. The molecular weight excluding hydrogens is 262 g/mol. The van der Waals surface area contributed by atoms with Crippen LogP contribution >= 0.6 is 0 Å². The molecule has 1 aliphatic carbocycles. The number of carbonyl (C=O) groups excluding carboxylic acids is 1. The van der Waals surface area contributed by atoms with Gasteiger partial charge in [-0.1, -0.05) is 42.5 Å². The van der Waals surface area contributed by atoms with Crippen LogP contribution in [-0.2, 0) is 11.2 Å². The van der Waals surface area contributed by atoms with Crippen LogP contribution in [0.5, 0.6) is 5.75 Å². The van der Waals surface area contributed by atoms with Gasteiger partial charge in [0.25, 0.3) is 0 Å². The normalized spacial score (nSPS) is 20.0. The van der Waals surface area contributed by atoms with Crippen LogP contribution in [0.15, 0.2) is 54.6 Å². The van der Waals surface area contributed by atoms with Crippen molar-refractivity contribution < 1.29 is 9.90 Å². The molecule has 1 saturated carbocycles. The van der Waals surface area contributed by atoms with Crippen molar-refractivity contribution in [1.29, 1.82) is 0 Å². The summed E-state index contributed by atoms with van der Waals surface area (Å²) < 4.78 is 0. The van der Waals surface area contributed by atoms with E-state index in [1.54, 1.807) is 12.1 Å².